The predicted molar refractivity (Wildman–Crippen MR) is 74.3 cm³/mol. The van der Waals surface area contributed by atoms with Crippen LogP contribution in [0.5, 0.6) is 0 Å². The summed E-state index contributed by atoms with van der Waals surface area (Å²) in [4.78, 5) is 10.2. The van der Waals surface area contributed by atoms with Gasteiger partial charge in [0.15, 0.2) is 5.82 Å². The minimum atomic E-state index is -4.17. The normalized spacial score (nSPS) is 20.4. The summed E-state index contributed by atoms with van der Waals surface area (Å²) in [6.45, 7) is 0.279. The molecule has 1 aromatic rings. The Morgan fingerprint density at radius 1 is 1.48 bits per heavy atom. The van der Waals surface area contributed by atoms with Crippen molar-refractivity contribution >= 4 is 27.6 Å². The zero-order chi connectivity index (χ0) is 15.8. The molecule has 21 heavy (non-hydrogen) atoms. The molecule has 116 valence electrons. The lowest BCUT2D eigenvalue weighted by Crippen LogP contribution is -2.45. The molecule has 0 aliphatic carbocycles. The monoisotopic (exact) mass is 336 g/mol. The van der Waals surface area contributed by atoms with E-state index in [0.29, 0.717) is 12.8 Å². The van der Waals surface area contributed by atoms with E-state index in [1.165, 1.54) is 0 Å². The summed E-state index contributed by atoms with van der Waals surface area (Å²) in [5, 5.41) is 8.75. The van der Waals surface area contributed by atoms with Crippen molar-refractivity contribution in [3.05, 3.63) is 28.5 Å². The number of sulfonamides is 1. The van der Waals surface area contributed by atoms with Crippen molar-refractivity contribution in [1.29, 1.82) is 0 Å². The average molecular weight is 337 g/mol. The molecule has 0 bridgehead atoms. The van der Waals surface area contributed by atoms with E-state index < -0.39 is 32.3 Å². The van der Waals surface area contributed by atoms with E-state index >= 15 is 0 Å². The van der Waals surface area contributed by atoms with Crippen molar-refractivity contribution in [3.63, 3.8) is 0 Å². The minimum Gasteiger partial charge on any atom is -0.478 e. The number of benzene rings is 1. The van der Waals surface area contributed by atoms with Gasteiger partial charge in [-0.3, -0.25) is 0 Å². The van der Waals surface area contributed by atoms with Crippen molar-refractivity contribution < 1.29 is 22.7 Å². The van der Waals surface area contributed by atoms with Crippen LogP contribution in [0.1, 0.15) is 23.2 Å². The quantitative estimate of drug-likeness (QED) is 0.866. The number of piperidine rings is 1. The van der Waals surface area contributed by atoms with Gasteiger partial charge in [0.1, 0.15) is 4.90 Å². The molecular formula is C12H14ClFN2O4S. The van der Waals surface area contributed by atoms with E-state index in [1.54, 1.807) is 0 Å². The number of nitrogens with two attached hydrogens (primary N) is 1. The van der Waals surface area contributed by atoms with Gasteiger partial charge < -0.3 is 10.8 Å². The Kier molecular flexibility index (Phi) is 4.52. The fourth-order valence-corrected chi connectivity index (χ4v) is 4.17. The van der Waals surface area contributed by atoms with Crippen LogP contribution in [-0.2, 0) is 10.0 Å². The van der Waals surface area contributed by atoms with Crippen molar-refractivity contribution in [2.24, 2.45) is 5.73 Å². The highest BCUT2D eigenvalue weighted by molar-refractivity contribution is 7.89. The first-order valence-corrected chi connectivity index (χ1v) is 8.03. The second kappa shape index (κ2) is 5.88. The largest absolute Gasteiger partial charge is 0.478 e. The van der Waals surface area contributed by atoms with Crippen molar-refractivity contribution in [2.75, 3.05) is 13.1 Å². The third-order valence-corrected chi connectivity index (χ3v) is 5.36. The van der Waals surface area contributed by atoms with Gasteiger partial charge in [-0.2, -0.15) is 4.31 Å². The van der Waals surface area contributed by atoms with Crippen molar-refractivity contribution in [1.82, 2.24) is 4.31 Å². The van der Waals surface area contributed by atoms with Gasteiger partial charge in [0.2, 0.25) is 10.0 Å². The molecule has 3 N–H and O–H groups in total. The standard InChI is InChI=1S/C12H14ClFN2O4S/c13-7-4-9(12(17)18)11(14)10(5-7)21(19,20)16-3-1-2-8(15)6-16/h4-5,8H,1-3,6,15H2,(H,17,18). The van der Waals surface area contributed by atoms with Gasteiger partial charge in [0, 0.05) is 24.2 Å². The molecule has 1 unspecified atom stereocenters. The number of carboxylic acid groups (broad SMARTS) is 1. The third kappa shape index (κ3) is 3.18. The summed E-state index contributed by atoms with van der Waals surface area (Å²) < 4.78 is 40.2. The maximum absolute atomic E-state index is 14.2. The Bertz CT molecular complexity index is 680. The molecule has 6 nitrogen and oxygen atoms in total. The minimum absolute atomic E-state index is 0.0662. The molecule has 1 saturated heterocycles. The molecular weight excluding hydrogens is 323 g/mol. The SMILES string of the molecule is NC1CCCN(S(=O)(=O)c2cc(Cl)cc(C(=O)O)c2F)C1. The fraction of sp³-hybridized carbons (Fsp3) is 0.417. The summed E-state index contributed by atoms with van der Waals surface area (Å²) >= 11 is 5.70. The van der Waals surface area contributed by atoms with Gasteiger partial charge in [-0.1, -0.05) is 11.6 Å². The molecule has 9 heteroatoms. The number of aromatic carboxylic acids is 1. The average Bonchev–Trinajstić information content (AvgIpc) is 2.40. The van der Waals surface area contributed by atoms with E-state index in [-0.39, 0.29) is 24.2 Å². The summed E-state index contributed by atoms with van der Waals surface area (Å²) in [5.74, 6) is -2.90. The lowest BCUT2D eigenvalue weighted by atomic mass is 10.1. The molecule has 0 saturated carbocycles. The number of hydrogen-bond acceptors (Lipinski definition) is 4. The Balaban J connectivity index is 2.52. The zero-order valence-electron chi connectivity index (χ0n) is 10.9. The second-order valence-corrected chi connectivity index (χ2v) is 7.18. The van der Waals surface area contributed by atoms with E-state index in [1.807, 2.05) is 0 Å². The van der Waals surface area contributed by atoms with E-state index in [0.717, 1.165) is 16.4 Å². The van der Waals surface area contributed by atoms with Crippen LogP contribution in [0.25, 0.3) is 0 Å². The lowest BCUT2D eigenvalue weighted by Gasteiger charge is -2.30. The summed E-state index contributed by atoms with van der Waals surface area (Å²) in [5.41, 5.74) is 4.95. The highest BCUT2D eigenvalue weighted by atomic mass is 35.5. The molecule has 1 aromatic carbocycles. The second-order valence-electron chi connectivity index (χ2n) is 4.84. The van der Waals surface area contributed by atoms with Gasteiger partial charge >= 0.3 is 5.97 Å². The van der Waals surface area contributed by atoms with Gasteiger partial charge in [-0.05, 0) is 25.0 Å². The maximum atomic E-state index is 14.2. The number of hydrogen-bond donors (Lipinski definition) is 2. The van der Waals surface area contributed by atoms with Crippen LogP contribution in [0.4, 0.5) is 4.39 Å². The van der Waals surface area contributed by atoms with Crippen molar-refractivity contribution in [3.8, 4) is 0 Å². The van der Waals surface area contributed by atoms with Crippen molar-refractivity contribution in [2.45, 2.75) is 23.8 Å². The molecule has 0 aromatic heterocycles. The van der Waals surface area contributed by atoms with Gasteiger partial charge in [0.05, 0.1) is 5.56 Å². The molecule has 1 atom stereocenters. The fourth-order valence-electron chi connectivity index (χ4n) is 2.24. The van der Waals surface area contributed by atoms with E-state index in [9.17, 15) is 17.6 Å². The Morgan fingerprint density at radius 2 is 2.14 bits per heavy atom. The summed E-state index contributed by atoms with van der Waals surface area (Å²) in [6.07, 6.45) is 1.25. The van der Waals surface area contributed by atoms with Crippen LogP contribution in [-0.4, -0.2) is 42.9 Å². The molecule has 0 amide bonds. The van der Waals surface area contributed by atoms with Crippen LogP contribution in [0, 0.1) is 5.82 Å². The third-order valence-electron chi connectivity index (χ3n) is 3.27. The number of halogens is 2. The number of rotatable bonds is 3. The first-order valence-electron chi connectivity index (χ1n) is 6.21. The Hall–Kier alpha value is -1.22. The van der Waals surface area contributed by atoms with E-state index in [2.05, 4.69) is 0 Å². The predicted octanol–water partition coefficient (Wildman–Crippen LogP) is 1.29. The number of carboxylic acids is 1. The lowest BCUT2D eigenvalue weighted by molar-refractivity contribution is 0.0691. The molecule has 2 rings (SSSR count). The molecule has 1 fully saturated rings. The molecule has 0 spiro atoms. The molecule has 1 heterocycles. The first kappa shape index (κ1) is 16.2. The van der Waals surface area contributed by atoms with Crippen LogP contribution in [0.2, 0.25) is 5.02 Å². The number of nitrogens with zero attached hydrogens (tertiary/aromatic N) is 1. The molecule has 0 radical (unpaired) electrons. The maximum Gasteiger partial charge on any atom is 0.338 e. The molecule has 1 aliphatic rings. The van der Waals surface area contributed by atoms with Crippen LogP contribution >= 0.6 is 11.6 Å². The Morgan fingerprint density at radius 3 is 2.71 bits per heavy atom. The first-order chi connectivity index (χ1) is 9.73. The highest BCUT2D eigenvalue weighted by Crippen LogP contribution is 2.27. The Labute approximate surface area is 126 Å². The highest BCUT2D eigenvalue weighted by Gasteiger charge is 2.33. The van der Waals surface area contributed by atoms with Gasteiger partial charge in [-0.15, -0.1) is 0 Å². The van der Waals surface area contributed by atoms with Gasteiger partial charge in [-0.25, -0.2) is 17.6 Å². The van der Waals surface area contributed by atoms with Crippen LogP contribution in [0.15, 0.2) is 17.0 Å². The molecule has 1 aliphatic heterocycles. The smallest absolute Gasteiger partial charge is 0.338 e. The van der Waals surface area contributed by atoms with Crippen LogP contribution in [0.3, 0.4) is 0 Å². The number of carbonyl (C=O) groups is 1. The topological polar surface area (TPSA) is 101 Å². The summed E-state index contributed by atoms with van der Waals surface area (Å²) in [7, 11) is -4.17. The zero-order valence-corrected chi connectivity index (χ0v) is 12.5. The van der Waals surface area contributed by atoms with E-state index in [4.69, 9.17) is 22.4 Å². The van der Waals surface area contributed by atoms with Crippen LogP contribution < -0.4 is 5.73 Å². The summed E-state index contributed by atoms with van der Waals surface area (Å²) in [6, 6.07) is 1.47. The van der Waals surface area contributed by atoms with Gasteiger partial charge in [0.25, 0.3) is 0 Å².